The third-order valence-corrected chi connectivity index (χ3v) is 4.75. The molecule has 8 nitrogen and oxygen atoms in total. The van der Waals surface area contributed by atoms with E-state index >= 15 is 0 Å². The van der Waals surface area contributed by atoms with Gasteiger partial charge < -0.3 is 9.42 Å². The van der Waals surface area contributed by atoms with Crippen LogP contribution in [0, 0.1) is 0 Å². The molecule has 0 unspecified atom stereocenters. The van der Waals surface area contributed by atoms with E-state index in [-0.39, 0.29) is 24.1 Å². The number of carbonyl (C=O) groups excluding carboxylic acids is 2. The fourth-order valence-electron chi connectivity index (χ4n) is 3.20. The summed E-state index contributed by atoms with van der Waals surface area (Å²) in [6.45, 7) is 0. The Labute approximate surface area is 140 Å². The molecule has 0 bridgehead atoms. The van der Waals surface area contributed by atoms with Crippen molar-refractivity contribution in [3.63, 3.8) is 0 Å². The number of amides is 2. The van der Waals surface area contributed by atoms with Crippen LogP contribution in [0.4, 0.5) is 0 Å². The van der Waals surface area contributed by atoms with E-state index in [1.165, 1.54) is 24.3 Å². The van der Waals surface area contributed by atoms with Crippen molar-refractivity contribution < 1.29 is 14.1 Å². The first-order valence-corrected chi connectivity index (χ1v) is 8.47. The zero-order valence-electron chi connectivity index (χ0n) is 14.2. The van der Waals surface area contributed by atoms with Crippen LogP contribution in [0.2, 0.25) is 0 Å². The molecule has 2 amide bonds. The second kappa shape index (κ2) is 7.11. The first-order valence-electron chi connectivity index (χ1n) is 8.47. The zero-order chi connectivity index (χ0) is 17.1. The Kier molecular flexibility index (Phi) is 4.92. The van der Waals surface area contributed by atoms with Gasteiger partial charge in [-0.1, -0.05) is 24.4 Å². The molecule has 1 saturated carbocycles. The van der Waals surface area contributed by atoms with Crippen LogP contribution < -0.4 is 0 Å². The summed E-state index contributed by atoms with van der Waals surface area (Å²) in [5, 5.41) is 9.31. The number of nitrogens with zero attached hydrogens (tertiary/aromatic N) is 5. The molecular weight excluding hydrogens is 310 g/mol. The van der Waals surface area contributed by atoms with Crippen LogP contribution in [-0.4, -0.2) is 57.7 Å². The molecule has 130 valence electrons. The van der Waals surface area contributed by atoms with Gasteiger partial charge in [0, 0.05) is 33.0 Å². The molecule has 1 aliphatic heterocycles. The predicted molar refractivity (Wildman–Crippen MR) is 86.2 cm³/mol. The van der Waals surface area contributed by atoms with Gasteiger partial charge in [-0.15, -0.1) is 0 Å². The molecule has 0 spiro atoms. The minimum absolute atomic E-state index is 0.00660. The van der Waals surface area contributed by atoms with Gasteiger partial charge in [-0.3, -0.25) is 9.59 Å². The summed E-state index contributed by atoms with van der Waals surface area (Å²) in [7, 11) is 3.45. The lowest BCUT2D eigenvalue weighted by Gasteiger charge is -2.31. The molecule has 0 aromatic carbocycles. The van der Waals surface area contributed by atoms with Crippen molar-refractivity contribution in [2.45, 2.75) is 57.4 Å². The first kappa shape index (κ1) is 16.6. The fraction of sp³-hybridized carbons (Fsp3) is 0.688. The van der Waals surface area contributed by atoms with Crippen molar-refractivity contribution in [3.05, 3.63) is 11.7 Å². The quantitative estimate of drug-likeness (QED) is 0.829. The lowest BCUT2D eigenvalue weighted by Crippen LogP contribution is -2.39. The van der Waals surface area contributed by atoms with Crippen LogP contribution in [-0.2, 0) is 16.0 Å². The van der Waals surface area contributed by atoms with Gasteiger partial charge in [-0.05, 0) is 12.8 Å². The number of hydrazone groups is 1. The topological polar surface area (TPSA) is 91.9 Å². The van der Waals surface area contributed by atoms with E-state index in [2.05, 4.69) is 15.2 Å². The van der Waals surface area contributed by atoms with Gasteiger partial charge in [0.1, 0.15) is 5.71 Å². The van der Waals surface area contributed by atoms with E-state index in [1.54, 1.807) is 7.05 Å². The molecule has 0 radical (unpaired) electrons. The van der Waals surface area contributed by atoms with Gasteiger partial charge in [-0.2, -0.15) is 10.1 Å². The maximum absolute atomic E-state index is 12.4. The van der Waals surface area contributed by atoms with Crippen molar-refractivity contribution in [2.75, 3.05) is 14.1 Å². The summed E-state index contributed by atoms with van der Waals surface area (Å²) >= 11 is 0. The Bertz CT molecular complexity index is 648. The highest BCUT2D eigenvalue weighted by atomic mass is 16.5. The minimum atomic E-state index is -0.0391. The standard InChI is InChI=1S/C16H23N5O3/c1-20(11-6-4-3-5-7-11)15(23)10-13-17-16(24-19-13)12-8-9-14(22)21(2)18-12/h11H,3-10H2,1-2H3. The van der Waals surface area contributed by atoms with Gasteiger partial charge in [0.2, 0.25) is 11.8 Å². The molecule has 2 heterocycles. The third-order valence-electron chi connectivity index (χ3n) is 4.75. The number of rotatable bonds is 4. The second-order valence-corrected chi connectivity index (χ2v) is 6.45. The maximum atomic E-state index is 12.4. The predicted octanol–water partition coefficient (Wildman–Crippen LogP) is 1.36. The molecule has 1 fully saturated rings. The van der Waals surface area contributed by atoms with Crippen LogP contribution in [0.5, 0.6) is 0 Å². The maximum Gasteiger partial charge on any atom is 0.274 e. The van der Waals surface area contributed by atoms with Gasteiger partial charge in [-0.25, -0.2) is 5.01 Å². The summed E-state index contributed by atoms with van der Waals surface area (Å²) in [6, 6.07) is 0.319. The van der Waals surface area contributed by atoms with Crippen molar-refractivity contribution in [2.24, 2.45) is 5.10 Å². The zero-order valence-corrected chi connectivity index (χ0v) is 14.2. The Morgan fingerprint density at radius 1 is 1.29 bits per heavy atom. The average Bonchev–Trinajstić information content (AvgIpc) is 3.06. The monoisotopic (exact) mass is 333 g/mol. The van der Waals surface area contributed by atoms with Crippen LogP contribution in [0.1, 0.15) is 56.7 Å². The molecule has 1 aromatic heterocycles. The molecular formula is C16H23N5O3. The smallest absolute Gasteiger partial charge is 0.274 e. The Morgan fingerprint density at radius 2 is 2.04 bits per heavy atom. The highest BCUT2D eigenvalue weighted by Crippen LogP contribution is 2.22. The van der Waals surface area contributed by atoms with Crippen LogP contribution in [0.25, 0.3) is 0 Å². The molecule has 8 heteroatoms. The summed E-state index contributed by atoms with van der Waals surface area (Å²) in [5.74, 6) is 0.618. The van der Waals surface area contributed by atoms with E-state index in [0.29, 0.717) is 30.4 Å². The van der Waals surface area contributed by atoms with E-state index < -0.39 is 0 Å². The molecule has 0 atom stereocenters. The summed E-state index contributed by atoms with van der Waals surface area (Å²) in [4.78, 5) is 29.9. The largest absolute Gasteiger partial charge is 0.342 e. The summed E-state index contributed by atoms with van der Waals surface area (Å²) in [6.07, 6.45) is 6.72. The Hall–Kier alpha value is -2.25. The van der Waals surface area contributed by atoms with E-state index in [4.69, 9.17) is 4.52 Å². The van der Waals surface area contributed by atoms with Crippen molar-refractivity contribution >= 4 is 17.5 Å². The normalized spacial score (nSPS) is 19.3. The van der Waals surface area contributed by atoms with Gasteiger partial charge in [0.25, 0.3) is 5.89 Å². The van der Waals surface area contributed by atoms with Crippen LogP contribution >= 0.6 is 0 Å². The summed E-state index contributed by atoms with van der Waals surface area (Å²) in [5.41, 5.74) is 0.587. The van der Waals surface area contributed by atoms with Gasteiger partial charge in [0.15, 0.2) is 5.82 Å². The number of hydrogen-bond donors (Lipinski definition) is 0. The first-order chi connectivity index (χ1) is 11.5. The van der Waals surface area contributed by atoms with Gasteiger partial charge >= 0.3 is 0 Å². The third kappa shape index (κ3) is 3.63. The molecule has 1 aliphatic carbocycles. The molecule has 2 aliphatic rings. The molecule has 0 saturated heterocycles. The van der Waals surface area contributed by atoms with E-state index in [9.17, 15) is 9.59 Å². The highest BCUT2D eigenvalue weighted by molar-refractivity contribution is 6.00. The number of likely N-dealkylation sites (N-methyl/N-ethyl adjacent to an activating group) is 1. The second-order valence-electron chi connectivity index (χ2n) is 6.45. The van der Waals surface area contributed by atoms with Gasteiger partial charge in [0.05, 0.1) is 6.42 Å². The van der Waals surface area contributed by atoms with E-state index in [1.807, 2.05) is 11.9 Å². The van der Waals surface area contributed by atoms with Crippen molar-refractivity contribution in [1.29, 1.82) is 0 Å². The van der Waals surface area contributed by atoms with Crippen LogP contribution in [0.3, 0.4) is 0 Å². The fourth-order valence-corrected chi connectivity index (χ4v) is 3.20. The molecule has 1 aromatic rings. The van der Waals surface area contributed by atoms with Crippen molar-refractivity contribution in [3.8, 4) is 0 Å². The SMILES string of the molecule is CN1N=C(c2nc(CC(=O)N(C)C3CCCCC3)no2)CCC1=O. The lowest BCUT2D eigenvalue weighted by molar-refractivity contribution is -0.132. The molecule has 24 heavy (non-hydrogen) atoms. The Balaban J connectivity index is 1.62. The Morgan fingerprint density at radius 3 is 2.75 bits per heavy atom. The van der Waals surface area contributed by atoms with Crippen LogP contribution in [0.15, 0.2) is 9.62 Å². The highest BCUT2D eigenvalue weighted by Gasteiger charge is 2.25. The average molecular weight is 333 g/mol. The molecule has 0 N–H and O–H groups in total. The number of hydrogen-bond acceptors (Lipinski definition) is 6. The van der Waals surface area contributed by atoms with E-state index in [0.717, 1.165) is 12.8 Å². The molecule has 3 rings (SSSR count). The lowest BCUT2D eigenvalue weighted by atomic mass is 9.94. The summed E-state index contributed by atoms with van der Waals surface area (Å²) < 4.78 is 5.21. The van der Waals surface area contributed by atoms with Crippen molar-refractivity contribution in [1.82, 2.24) is 20.0 Å². The number of carbonyl (C=O) groups is 2. The minimum Gasteiger partial charge on any atom is -0.342 e. The number of aromatic nitrogens is 2.